The predicted molar refractivity (Wildman–Crippen MR) is 75.0 cm³/mol. The van der Waals surface area contributed by atoms with Crippen molar-refractivity contribution in [1.82, 2.24) is 4.72 Å². The summed E-state index contributed by atoms with van der Waals surface area (Å²) in [5.41, 5.74) is 1.05. The van der Waals surface area contributed by atoms with Crippen LogP contribution in [0.1, 0.15) is 25.8 Å². The van der Waals surface area contributed by atoms with E-state index in [1.807, 2.05) is 32.9 Å². The van der Waals surface area contributed by atoms with Crippen LogP contribution < -0.4 is 4.72 Å². The maximum absolute atomic E-state index is 12.0. The van der Waals surface area contributed by atoms with Gasteiger partial charge in [0.15, 0.2) is 0 Å². The van der Waals surface area contributed by atoms with E-state index in [0.717, 1.165) is 12.0 Å². The van der Waals surface area contributed by atoms with Crippen molar-refractivity contribution in [1.29, 1.82) is 0 Å². The highest BCUT2D eigenvalue weighted by atomic mass is 32.2. The summed E-state index contributed by atoms with van der Waals surface area (Å²) in [6, 6.07) is 6.87. The molecule has 0 saturated heterocycles. The van der Waals surface area contributed by atoms with Gasteiger partial charge in [0.05, 0.1) is 4.90 Å². The Kier molecular flexibility index (Phi) is 5.56. The first-order chi connectivity index (χ1) is 8.45. The third-order valence-electron chi connectivity index (χ3n) is 2.73. The standard InChI is InChI=1S/C14H21NO2S/c1-4-5-6-13(3)11-15-18(16,17)14-9-7-12(2)8-10-14/h4-5,7-10,13,15H,6,11H2,1-3H3/b5-4+/t13-/m0/s1. The molecule has 0 amide bonds. The average molecular weight is 267 g/mol. The van der Waals surface area contributed by atoms with Crippen LogP contribution in [0.25, 0.3) is 0 Å². The minimum absolute atomic E-state index is 0.293. The summed E-state index contributed by atoms with van der Waals surface area (Å²) in [5.74, 6) is 0.293. The molecule has 0 spiro atoms. The normalized spacial score (nSPS) is 13.9. The summed E-state index contributed by atoms with van der Waals surface area (Å²) in [7, 11) is -3.37. The lowest BCUT2D eigenvalue weighted by molar-refractivity contribution is 0.542. The number of aryl methyl sites for hydroxylation is 1. The van der Waals surface area contributed by atoms with Crippen molar-refractivity contribution in [2.24, 2.45) is 5.92 Å². The number of hydrogen-bond donors (Lipinski definition) is 1. The van der Waals surface area contributed by atoms with E-state index in [0.29, 0.717) is 17.4 Å². The zero-order chi connectivity index (χ0) is 13.6. The molecule has 0 radical (unpaired) electrons. The molecule has 18 heavy (non-hydrogen) atoms. The van der Waals surface area contributed by atoms with Crippen molar-refractivity contribution >= 4 is 10.0 Å². The Morgan fingerprint density at radius 3 is 2.44 bits per heavy atom. The predicted octanol–water partition coefficient (Wildman–Crippen LogP) is 2.88. The fourth-order valence-electron chi connectivity index (χ4n) is 1.50. The largest absolute Gasteiger partial charge is 0.240 e. The van der Waals surface area contributed by atoms with Crippen LogP contribution in [0, 0.1) is 12.8 Å². The van der Waals surface area contributed by atoms with Crippen LogP contribution in [0.3, 0.4) is 0 Å². The monoisotopic (exact) mass is 267 g/mol. The second-order valence-corrected chi connectivity index (χ2v) is 6.34. The van der Waals surface area contributed by atoms with Gasteiger partial charge in [-0.1, -0.05) is 36.8 Å². The van der Waals surface area contributed by atoms with Gasteiger partial charge in [-0.05, 0) is 38.3 Å². The first kappa shape index (κ1) is 14.9. The zero-order valence-corrected chi connectivity index (χ0v) is 12.0. The van der Waals surface area contributed by atoms with E-state index in [4.69, 9.17) is 0 Å². The highest BCUT2D eigenvalue weighted by Gasteiger charge is 2.14. The quantitative estimate of drug-likeness (QED) is 0.806. The van der Waals surface area contributed by atoms with Gasteiger partial charge in [-0.3, -0.25) is 0 Å². The van der Waals surface area contributed by atoms with Gasteiger partial charge in [-0.2, -0.15) is 0 Å². The van der Waals surface area contributed by atoms with Crippen LogP contribution in [0.2, 0.25) is 0 Å². The van der Waals surface area contributed by atoms with Gasteiger partial charge in [0.25, 0.3) is 0 Å². The van der Waals surface area contributed by atoms with Crippen LogP contribution in [-0.2, 0) is 10.0 Å². The van der Waals surface area contributed by atoms with E-state index in [2.05, 4.69) is 4.72 Å². The minimum atomic E-state index is -3.37. The molecule has 3 nitrogen and oxygen atoms in total. The maximum atomic E-state index is 12.0. The molecule has 0 fully saturated rings. The second-order valence-electron chi connectivity index (χ2n) is 4.57. The van der Waals surface area contributed by atoms with Crippen LogP contribution >= 0.6 is 0 Å². The third kappa shape index (κ3) is 4.63. The lowest BCUT2D eigenvalue weighted by Gasteiger charge is -2.11. The zero-order valence-electron chi connectivity index (χ0n) is 11.2. The molecule has 1 aromatic rings. The van der Waals surface area contributed by atoms with Gasteiger partial charge in [0.2, 0.25) is 10.0 Å². The molecule has 0 heterocycles. The van der Waals surface area contributed by atoms with Crippen molar-refractivity contribution in [3.05, 3.63) is 42.0 Å². The lowest BCUT2D eigenvalue weighted by atomic mass is 10.1. The molecular weight excluding hydrogens is 246 g/mol. The van der Waals surface area contributed by atoms with Gasteiger partial charge >= 0.3 is 0 Å². The molecule has 0 unspecified atom stereocenters. The SMILES string of the molecule is C/C=C/C[C@H](C)CNS(=O)(=O)c1ccc(C)cc1. The van der Waals surface area contributed by atoms with E-state index in [-0.39, 0.29) is 0 Å². The topological polar surface area (TPSA) is 46.2 Å². The van der Waals surface area contributed by atoms with Crippen LogP contribution in [0.5, 0.6) is 0 Å². The fraction of sp³-hybridized carbons (Fsp3) is 0.429. The van der Waals surface area contributed by atoms with Gasteiger partial charge in [0, 0.05) is 6.54 Å². The number of allylic oxidation sites excluding steroid dienone is 2. The Bertz CT molecular complexity index is 489. The Labute approximate surface area is 110 Å². The molecule has 0 aliphatic heterocycles. The summed E-state index contributed by atoms with van der Waals surface area (Å²) >= 11 is 0. The van der Waals surface area contributed by atoms with Gasteiger partial charge in [-0.25, -0.2) is 13.1 Å². The molecular formula is C14H21NO2S. The highest BCUT2D eigenvalue weighted by Crippen LogP contribution is 2.11. The minimum Gasteiger partial charge on any atom is -0.211 e. The van der Waals surface area contributed by atoms with Gasteiger partial charge in [-0.15, -0.1) is 0 Å². The molecule has 4 heteroatoms. The van der Waals surface area contributed by atoms with E-state index in [1.165, 1.54) is 0 Å². The molecule has 0 aliphatic carbocycles. The number of nitrogens with one attached hydrogen (secondary N) is 1. The van der Waals surface area contributed by atoms with Gasteiger partial charge in [0.1, 0.15) is 0 Å². The summed E-state index contributed by atoms with van der Waals surface area (Å²) in [4.78, 5) is 0.325. The van der Waals surface area contributed by atoms with E-state index < -0.39 is 10.0 Å². The molecule has 0 aliphatic rings. The molecule has 0 bridgehead atoms. The van der Waals surface area contributed by atoms with Crippen LogP contribution in [-0.4, -0.2) is 15.0 Å². The van der Waals surface area contributed by atoms with Crippen molar-refractivity contribution in [3.63, 3.8) is 0 Å². The molecule has 0 saturated carbocycles. The molecule has 100 valence electrons. The second kappa shape index (κ2) is 6.71. The number of rotatable bonds is 6. The van der Waals surface area contributed by atoms with Crippen LogP contribution in [0.15, 0.2) is 41.3 Å². The van der Waals surface area contributed by atoms with Crippen molar-refractivity contribution in [2.45, 2.75) is 32.1 Å². The Morgan fingerprint density at radius 2 is 1.89 bits per heavy atom. The van der Waals surface area contributed by atoms with Crippen LogP contribution in [0.4, 0.5) is 0 Å². The smallest absolute Gasteiger partial charge is 0.211 e. The lowest BCUT2D eigenvalue weighted by Crippen LogP contribution is -2.28. The average Bonchev–Trinajstić information content (AvgIpc) is 2.34. The molecule has 1 rings (SSSR count). The van der Waals surface area contributed by atoms with Crippen molar-refractivity contribution in [3.8, 4) is 0 Å². The third-order valence-corrected chi connectivity index (χ3v) is 4.17. The molecule has 1 N–H and O–H groups in total. The first-order valence-electron chi connectivity index (χ1n) is 6.13. The molecule has 0 aromatic heterocycles. The first-order valence-corrected chi connectivity index (χ1v) is 7.61. The highest BCUT2D eigenvalue weighted by molar-refractivity contribution is 7.89. The number of hydrogen-bond acceptors (Lipinski definition) is 2. The van der Waals surface area contributed by atoms with Gasteiger partial charge < -0.3 is 0 Å². The van der Waals surface area contributed by atoms with Crippen molar-refractivity contribution in [2.75, 3.05) is 6.54 Å². The fourth-order valence-corrected chi connectivity index (χ4v) is 2.67. The summed E-state index contributed by atoms with van der Waals surface area (Å²) in [6.45, 7) is 6.38. The van der Waals surface area contributed by atoms with Crippen molar-refractivity contribution < 1.29 is 8.42 Å². The summed E-state index contributed by atoms with van der Waals surface area (Å²) < 4.78 is 26.6. The number of benzene rings is 1. The maximum Gasteiger partial charge on any atom is 0.240 e. The van der Waals surface area contributed by atoms with E-state index in [9.17, 15) is 8.42 Å². The Morgan fingerprint density at radius 1 is 1.28 bits per heavy atom. The molecule has 1 aromatic carbocycles. The summed E-state index contributed by atoms with van der Waals surface area (Å²) in [5, 5.41) is 0. The Balaban J connectivity index is 2.62. The Hall–Kier alpha value is -1.13. The van der Waals surface area contributed by atoms with E-state index >= 15 is 0 Å². The molecule has 1 atom stereocenters. The number of sulfonamides is 1. The van der Waals surface area contributed by atoms with E-state index in [1.54, 1.807) is 24.3 Å². The summed E-state index contributed by atoms with van der Waals surface area (Å²) in [6.07, 6.45) is 4.91.